The van der Waals surface area contributed by atoms with E-state index < -0.39 is 0 Å². The first-order valence-corrected chi connectivity index (χ1v) is 14.5. The predicted molar refractivity (Wildman–Crippen MR) is 153 cm³/mol. The predicted octanol–water partition coefficient (Wildman–Crippen LogP) is 3.88. The standard InChI is InChI=1S/C31H34N6O2/c38-28-16-25-26(19-37(28)27-9-3-7-21-6-1-2-8-24(21)27)33-30(39-20-31-12-4-14-36(31)15-5-13-31)34-29(25)35-17-22-10-11-23(18-35)32-22/h1-3,6-9,16,19,22-23,32H,4-5,10-15,17-18,20H2. The van der Waals surface area contributed by atoms with Crippen molar-refractivity contribution < 1.29 is 4.74 Å². The zero-order valence-electron chi connectivity index (χ0n) is 22.2. The van der Waals surface area contributed by atoms with Crippen LogP contribution in [-0.2, 0) is 0 Å². The Kier molecular flexibility index (Phi) is 5.42. The SMILES string of the molecule is O=c1cc2c(N3CC4CCC(C3)N4)nc(OCC34CCCN3CCC4)nc2cn1-c1cccc2ccccc12. The second kappa shape index (κ2) is 9.03. The van der Waals surface area contributed by atoms with Crippen LogP contribution in [0.15, 0.2) is 59.5 Å². The summed E-state index contributed by atoms with van der Waals surface area (Å²) in [5.41, 5.74) is 1.63. The molecule has 0 saturated carbocycles. The molecule has 200 valence electrons. The Bertz CT molecular complexity index is 1610. The van der Waals surface area contributed by atoms with Crippen LogP contribution in [-0.4, -0.2) is 69.8 Å². The van der Waals surface area contributed by atoms with E-state index in [-0.39, 0.29) is 11.1 Å². The molecule has 4 saturated heterocycles. The lowest BCUT2D eigenvalue weighted by molar-refractivity contribution is 0.108. The van der Waals surface area contributed by atoms with E-state index in [2.05, 4.69) is 33.3 Å². The lowest BCUT2D eigenvalue weighted by Crippen LogP contribution is -2.51. The van der Waals surface area contributed by atoms with Crippen LogP contribution in [0, 0.1) is 0 Å². The Labute approximate surface area is 227 Å². The number of benzene rings is 2. The average Bonchev–Trinajstić information content (AvgIpc) is 3.64. The lowest BCUT2D eigenvalue weighted by Gasteiger charge is -2.34. The molecular weight excluding hydrogens is 488 g/mol. The maximum atomic E-state index is 13.6. The quantitative estimate of drug-likeness (QED) is 0.426. The van der Waals surface area contributed by atoms with E-state index in [1.807, 2.05) is 30.5 Å². The molecule has 39 heavy (non-hydrogen) atoms. The Morgan fingerprint density at radius 1 is 0.949 bits per heavy atom. The van der Waals surface area contributed by atoms with Crippen molar-refractivity contribution in [3.8, 4) is 11.7 Å². The Morgan fingerprint density at radius 3 is 2.54 bits per heavy atom. The van der Waals surface area contributed by atoms with Crippen LogP contribution < -0.4 is 20.5 Å². The third-order valence-electron chi connectivity index (χ3n) is 9.51. The number of hydrogen-bond donors (Lipinski definition) is 1. The van der Waals surface area contributed by atoms with Gasteiger partial charge in [-0.2, -0.15) is 9.97 Å². The summed E-state index contributed by atoms with van der Waals surface area (Å²) in [6, 6.07) is 17.3. The van der Waals surface area contributed by atoms with Gasteiger partial charge in [-0.1, -0.05) is 36.4 Å². The molecule has 0 amide bonds. The Balaban J connectivity index is 1.24. The first-order chi connectivity index (χ1) is 19.1. The summed E-state index contributed by atoms with van der Waals surface area (Å²) in [4.78, 5) is 28.4. The molecule has 2 bridgehead atoms. The molecule has 2 unspecified atom stereocenters. The number of hydrogen-bond acceptors (Lipinski definition) is 7. The molecule has 8 rings (SSSR count). The summed E-state index contributed by atoms with van der Waals surface area (Å²) in [5, 5.41) is 6.64. The van der Waals surface area contributed by atoms with E-state index in [0.29, 0.717) is 24.7 Å². The molecule has 1 N–H and O–H groups in total. The smallest absolute Gasteiger partial charge is 0.319 e. The van der Waals surface area contributed by atoms with E-state index >= 15 is 0 Å². The van der Waals surface area contributed by atoms with Gasteiger partial charge >= 0.3 is 6.01 Å². The lowest BCUT2D eigenvalue weighted by atomic mass is 9.95. The molecule has 4 fully saturated rings. The van der Waals surface area contributed by atoms with Crippen molar-refractivity contribution in [2.45, 2.75) is 56.1 Å². The molecule has 2 aromatic carbocycles. The first-order valence-electron chi connectivity index (χ1n) is 14.5. The number of pyridine rings is 1. The monoisotopic (exact) mass is 522 g/mol. The number of anilines is 1. The molecule has 0 radical (unpaired) electrons. The van der Waals surface area contributed by atoms with Crippen LogP contribution in [0.1, 0.15) is 38.5 Å². The van der Waals surface area contributed by atoms with Crippen LogP contribution in [0.4, 0.5) is 5.82 Å². The van der Waals surface area contributed by atoms with Crippen LogP contribution in [0.25, 0.3) is 27.4 Å². The van der Waals surface area contributed by atoms with Gasteiger partial charge in [0.2, 0.25) is 0 Å². The molecule has 4 aromatic rings. The second-order valence-corrected chi connectivity index (χ2v) is 11.9. The van der Waals surface area contributed by atoms with Gasteiger partial charge in [0.25, 0.3) is 5.56 Å². The molecule has 0 aliphatic carbocycles. The first kappa shape index (κ1) is 23.4. The van der Waals surface area contributed by atoms with Crippen molar-refractivity contribution >= 4 is 27.5 Å². The van der Waals surface area contributed by atoms with Gasteiger partial charge in [0.15, 0.2) is 0 Å². The topological polar surface area (TPSA) is 75.5 Å². The minimum atomic E-state index is -0.0816. The third-order valence-corrected chi connectivity index (χ3v) is 9.51. The normalized spacial score (nSPS) is 24.1. The van der Waals surface area contributed by atoms with E-state index in [1.54, 1.807) is 10.6 Å². The van der Waals surface area contributed by atoms with Crippen molar-refractivity contribution in [3.63, 3.8) is 0 Å². The number of rotatable bonds is 5. The summed E-state index contributed by atoms with van der Waals surface area (Å²) < 4.78 is 8.18. The van der Waals surface area contributed by atoms with Gasteiger partial charge in [0.05, 0.1) is 22.1 Å². The number of ether oxygens (including phenoxy) is 1. The van der Waals surface area contributed by atoms with Crippen molar-refractivity contribution in [1.29, 1.82) is 0 Å². The molecule has 4 aliphatic rings. The van der Waals surface area contributed by atoms with E-state index in [0.717, 1.165) is 59.4 Å². The van der Waals surface area contributed by atoms with E-state index in [1.165, 1.54) is 38.5 Å². The van der Waals surface area contributed by atoms with Crippen molar-refractivity contribution in [3.05, 3.63) is 65.1 Å². The summed E-state index contributed by atoms with van der Waals surface area (Å²) in [7, 11) is 0. The van der Waals surface area contributed by atoms with Gasteiger partial charge in [-0.3, -0.25) is 14.3 Å². The summed E-state index contributed by atoms with van der Waals surface area (Å²) >= 11 is 0. The second-order valence-electron chi connectivity index (χ2n) is 11.9. The Hall–Kier alpha value is -3.49. The molecule has 6 heterocycles. The van der Waals surface area contributed by atoms with Crippen LogP contribution >= 0.6 is 0 Å². The fourth-order valence-electron chi connectivity index (χ4n) is 7.61. The molecule has 2 atom stereocenters. The molecule has 0 spiro atoms. The molecular formula is C31H34N6O2. The van der Waals surface area contributed by atoms with Crippen LogP contribution in [0.3, 0.4) is 0 Å². The minimum absolute atomic E-state index is 0.0816. The zero-order chi connectivity index (χ0) is 26.0. The van der Waals surface area contributed by atoms with Crippen LogP contribution in [0.5, 0.6) is 6.01 Å². The fraction of sp³-hybridized carbons (Fsp3) is 0.452. The fourth-order valence-corrected chi connectivity index (χ4v) is 7.61. The highest BCUT2D eigenvalue weighted by Gasteiger charge is 2.45. The highest BCUT2D eigenvalue weighted by molar-refractivity contribution is 5.92. The highest BCUT2D eigenvalue weighted by atomic mass is 16.5. The van der Waals surface area contributed by atoms with Crippen molar-refractivity contribution in [2.24, 2.45) is 0 Å². The molecule has 8 heteroatoms. The minimum Gasteiger partial charge on any atom is -0.461 e. The van der Waals surface area contributed by atoms with Gasteiger partial charge in [-0.15, -0.1) is 0 Å². The summed E-state index contributed by atoms with van der Waals surface area (Å²) in [5.74, 6) is 0.822. The zero-order valence-corrected chi connectivity index (χ0v) is 22.2. The number of nitrogens with one attached hydrogen (secondary N) is 1. The maximum Gasteiger partial charge on any atom is 0.319 e. The molecule has 2 aromatic heterocycles. The van der Waals surface area contributed by atoms with E-state index in [4.69, 9.17) is 14.7 Å². The van der Waals surface area contributed by atoms with Gasteiger partial charge in [0, 0.05) is 42.8 Å². The number of fused-ring (bicyclic) bond motifs is 5. The average molecular weight is 523 g/mol. The number of piperazine rings is 1. The van der Waals surface area contributed by atoms with E-state index in [9.17, 15) is 4.79 Å². The van der Waals surface area contributed by atoms with Gasteiger partial charge in [-0.05, 0) is 63.1 Å². The third kappa shape index (κ3) is 3.92. The van der Waals surface area contributed by atoms with Gasteiger partial charge in [-0.25, -0.2) is 0 Å². The molecule has 4 aliphatic heterocycles. The largest absolute Gasteiger partial charge is 0.461 e. The highest BCUT2D eigenvalue weighted by Crippen LogP contribution is 2.39. The number of aromatic nitrogens is 3. The Morgan fingerprint density at radius 2 is 1.72 bits per heavy atom. The van der Waals surface area contributed by atoms with Crippen molar-refractivity contribution in [2.75, 3.05) is 37.7 Å². The van der Waals surface area contributed by atoms with Gasteiger partial charge in [0.1, 0.15) is 12.4 Å². The van der Waals surface area contributed by atoms with Gasteiger partial charge < -0.3 is 15.0 Å². The number of nitrogens with zero attached hydrogens (tertiary/aromatic N) is 5. The maximum absolute atomic E-state index is 13.6. The summed E-state index contributed by atoms with van der Waals surface area (Å²) in [6.07, 6.45) is 9.05. The van der Waals surface area contributed by atoms with Crippen LogP contribution in [0.2, 0.25) is 0 Å². The van der Waals surface area contributed by atoms with Crippen molar-refractivity contribution in [1.82, 2.24) is 24.8 Å². The summed E-state index contributed by atoms with van der Waals surface area (Å²) in [6.45, 7) is 4.70. The molecule has 8 nitrogen and oxygen atoms in total.